The molecule has 2 rings (SSSR count). The summed E-state index contributed by atoms with van der Waals surface area (Å²) < 4.78 is 16.0. The largest absolute Gasteiger partial charge is 0.493 e. The molecule has 0 aliphatic heterocycles. The smallest absolute Gasteiger partial charge is 0.226 e. The maximum Gasteiger partial charge on any atom is 0.226 e. The molecule has 5 heteroatoms. The molecule has 5 nitrogen and oxygen atoms in total. The predicted molar refractivity (Wildman–Crippen MR) is 94.0 cm³/mol. The molecule has 0 heterocycles. The Morgan fingerprint density at radius 1 is 1.04 bits per heavy atom. The van der Waals surface area contributed by atoms with E-state index >= 15 is 0 Å². The summed E-state index contributed by atoms with van der Waals surface area (Å²) in [5, 5.41) is 0. The van der Waals surface area contributed by atoms with Gasteiger partial charge in [0.1, 0.15) is 0 Å². The van der Waals surface area contributed by atoms with Crippen LogP contribution < -0.4 is 14.2 Å². The van der Waals surface area contributed by atoms with E-state index < -0.39 is 0 Å². The lowest BCUT2D eigenvalue weighted by Gasteiger charge is -2.33. The van der Waals surface area contributed by atoms with E-state index in [0.717, 1.165) is 24.3 Å². The van der Waals surface area contributed by atoms with Gasteiger partial charge in [-0.2, -0.15) is 0 Å². The van der Waals surface area contributed by atoms with Gasteiger partial charge in [0.2, 0.25) is 11.7 Å². The van der Waals surface area contributed by atoms with Crippen molar-refractivity contribution < 1.29 is 19.0 Å². The van der Waals surface area contributed by atoms with Gasteiger partial charge in [0, 0.05) is 13.1 Å². The van der Waals surface area contributed by atoms with Gasteiger partial charge >= 0.3 is 0 Å². The molecule has 0 unspecified atom stereocenters. The lowest BCUT2D eigenvalue weighted by Crippen LogP contribution is -2.40. The highest BCUT2D eigenvalue weighted by molar-refractivity contribution is 5.79. The lowest BCUT2D eigenvalue weighted by molar-refractivity contribution is -0.132. The Labute approximate surface area is 144 Å². The third-order valence-corrected chi connectivity index (χ3v) is 5.01. The fraction of sp³-hybridized carbons (Fsp3) is 0.632. The van der Waals surface area contributed by atoms with E-state index in [1.807, 2.05) is 24.1 Å². The average Bonchev–Trinajstić information content (AvgIpc) is 2.60. The van der Waals surface area contributed by atoms with E-state index in [4.69, 9.17) is 14.2 Å². The summed E-state index contributed by atoms with van der Waals surface area (Å²) in [6.07, 6.45) is 4.93. The number of hydrogen-bond donors (Lipinski definition) is 0. The zero-order valence-electron chi connectivity index (χ0n) is 15.4. The standard InChI is InChI=1S/C19H29NO4/c1-13-6-8-15(9-7-13)20(2)18(21)12-14-10-16(22-3)19(24-5)17(11-14)23-4/h10-11,13,15H,6-9,12H2,1-5H3. The van der Waals surface area contributed by atoms with E-state index in [2.05, 4.69) is 6.92 Å². The van der Waals surface area contributed by atoms with Crippen LogP contribution in [0.5, 0.6) is 17.2 Å². The van der Waals surface area contributed by atoms with E-state index in [0.29, 0.717) is 29.7 Å². The Morgan fingerprint density at radius 3 is 2.04 bits per heavy atom. The molecule has 1 aromatic rings. The van der Waals surface area contributed by atoms with E-state index in [-0.39, 0.29) is 5.91 Å². The molecule has 24 heavy (non-hydrogen) atoms. The third-order valence-electron chi connectivity index (χ3n) is 5.01. The number of likely N-dealkylation sites (N-methyl/N-ethyl adjacent to an activating group) is 1. The van der Waals surface area contributed by atoms with Crippen LogP contribution in [0.15, 0.2) is 12.1 Å². The molecular weight excluding hydrogens is 306 g/mol. The van der Waals surface area contributed by atoms with Gasteiger partial charge in [0.15, 0.2) is 11.5 Å². The molecule has 1 aliphatic rings. The van der Waals surface area contributed by atoms with E-state index in [9.17, 15) is 4.79 Å². The van der Waals surface area contributed by atoms with Gasteiger partial charge in [-0.25, -0.2) is 0 Å². The van der Waals surface area contributed by atoms with Gasteiger partial charge in [0.25, 0.3) is 0 Å². The second-order valence-electron chi connectivity index (χ2n) is 6.63. The molecular formula is C19H29NO4. The van der Waals surface area contributed by atoms with Crippen LogP contribution in [0.2, 0.25) is 0 Å². The van der Waals surface area contributed by atoms with E-state index in [1.165, 1.54) is 12.8 Å². The summed E-state index contributed by atoms with van der Waals surface area (Å²) >= 11 is 0. The summed E-state index contributed by atoms with van der Waals surface area (Å²) in [5.74, 6) is 2.61. The first kappa shape index (κ1) is 18.4. The normalized spacial score (nSPS) is 20.4. The number of rotatable bonds is 6. The Bertz CT molecular complexity index is 539. The van der Waals surface area contributed by atoms with Crippen LogP contribution in [0.25, 0.3) is 0 Å². The summed E-state index contributed by atoms with van der Waals surface area (Å²) in [7, 11) is 6.65. The second-order valence-corrected chi connectivity index (χ2v) is 6.63. The van der Waals surface area contributed by atoms with Crippen molar-refractivity contribution in [1.82, 2.24) is 4.90 Å². The summed E-state index contributed by atoms with van der Waals surface area (Å²) in [6.45, 7) is 2.29. The highest BCUT2D eigenvalue weighted by atomic mass is 16.5. The third kappa shape index (κ3) is 4.13. The van der Waals surface area contributed by atoms with Crippen molar-refractivity contribution in [2.75, 3.05) is 28.4 Å². The van der Waals surface area contributed by atoms with Crippen molar-refractivity contribution >= 4 is 5.91 Å². The Balaban J connectivity index is 2.10. The molecule has 1 aliphatic carbocycles. The highest BCUT2D eigenvalue weighted by Gasteiger charge is 2.25. The van der Waals surface area contributed by atoms with Crippen LogP contribution in [0.1, 0.15) is 38.2 Å². The van der Waals surface area contributed by atoms with Crippen molar-refractivity contribution in [1.29, 1.82) is 0 Å². The van der Waals surface area contributed by atoms with Crippen LogP contribution in [0, 0.1) is 5.92 Å². The summed E-state index contributed by atoms with van der Waals surface area (Å²) in [5.41, 5.74) is 0.866. The average molecular weight is 335 g/mol. The second kappa shape index (κ2) is 8.27. The zero-order valence-corrected chi connectivity index (χ0v) is 15.4. The predicted octanol–water partition coefficient (Wildman–Crippen LogP) is 3.29. The number of hydrogen-bond acceptors (Lipinski definition) is 4. The number of carbonyl (C=O) groups excluding carboxylic acids is 1. The molecule has 1 fully saturated rings. The molecule has 0 bridgehead atoms. The van der Waals surface area contributed by atoms with E-state index in [1.54, 1.807) is 21.3 Å². The minimum Gasteiger partial charge on any atom is -0.493 e. The number of methoxy groups -OCH3 is 3. The number of ether oxygens (including phenoxy) is 3. The van der Waals surface area contributed by atoms with Crippen LogP contribution in [0.4, 0.5) is 0 Å². The Kier molecular flexibility index (Phi) is 6.35. The van der Waals surface area contributed by atoms with Crippen LogP contribution in [-0.4, -0.2) is 45.2 Å². The number of amides is 1. The molecule has 0 saturated heterocycles. The van der Waals surface area contributed by atoms with Gasteiger partial charge in [-0.3, -0.25) is 4.79 Å². The molecule has 134 valence electrons. The van der Waals surface area contributed by atoms with Crippen molar-refractivity contribution in [3.63, 3.8) is 0 Å². The minimum atomic E-state index is 0.129. The number of benzene rings is 1. The first-order valence-corrected chi connectivity index (χ1v) is 8.54. The molecule has 0 N–H and O–H groups in total. The molecule has 1 amide bonds. The van der Waals surface area contributed by atoms with Crippen molar-refractivity contribution in [3.05, 3.63) is 17.7 Å². The topological polar surface area (TPSA) is 48.0 Å². The highest BCUT2D eigenvalue weighted by Crippen LogP contribution is 2.38. The van der Waals surface area contributed by atoms with Gasteiger partial charge in [0.05, 0.1) is 27.8 Å². The quantitative estimate of drug-likeness (QED) is 0.800. The maximum atomic E-state index is 12.7. The first-order chi connectivity index (χ1) is 11.5. The molecule has 0 radical (unpaired) electrons. The molecule has 1 saturated carbocycles. The number of nitrogens with zero attached hydrogens (tertiary/aromatic N) is 1. The Hall–Kier alpha value is -1.91. The summed E-state index contributed by atoms with van der Waals surface area (Å²) in [4.78, 5) is 14.6. The molecule has 0 spiro atoms. The van der Waals surface area contributed by atoms with Crippen LogP contribution in [0.3, 0.4) is 0 Å². The zero-order chi connectivity index (χ0) is 17.7. The SMILES string of the molecule is COc1cc(CC(=O)N(C)C2CCC(C)CC2)cc(OC)c1OC. The lowest BCUT2D eigenvalue weighted by atomic mass is 9.86. The summed E-state index contributed by atoms with van der Waals surface area (Å²) in [6, 6.07) is 4.04. The fourth-order valence-electron chi connectivity index (χ4n) is 3.37. The van der Waals surface area contributed by atoms with Crippen molar-refractivity contribution in [3.8, 4) is 17.2 Å². The first-order valence-electron chi connectivity index (χ1n) is 8.54. The van der Waals surface area contributed by atoms with Crippen molar-refractivity contribution in [2.24, 2.45) is 5.92 Å². The van der Waals surface area contributed by atoms with Crippen LogP contribution in [-0.2, 0) is 11.2 Å². The van der Waals surface area contributed by atoms with Gasteiger partial charge in [-0.05, 0) is 49.3 Å². The van der Waals surface area contributed by atoms with Gasteiger partial charge in [-0.1, -0.05) is 6.92 Å². The molecule has 1 aromatic carbocycles. The van der Waals surface area contributed by atoms with Crippen LogP contribution >= 0.6 is 0 Å². The molecule has 0 aromatic heterocycles. The Morgan fingerprint density at radius 2 is 1.58 bits per heavy atom. The fourth-order valence-corrected chi connectivity index (χ4v) is 3.37. The molecule has 0 atom stereocenters. The maximum absolute atomic E-state index is 12.7. The minimum absolute atomic E-state index is 0.129. The van der Waals surface area contributed by atoms with Gasteiger partial charge in [-0.15, -0.1) is 0 Å². The monoisotopic (exact) mass is 335 g/mol. The number of carbonyl (C=O) groups is 1. The van der Waals surface area contributed by atoms with Crippen molar-refractivity contribution in [2.45, 2.75) is 45.1 Å². The van der Waals surface area contributed by atoms with Gasteiger partial charge < -0.3 is 19.1 Å².